The van der Waals surface area contributed by atoms with Crippen LogP contribution >= 0.6 is 0 Å². The summed E-state index contributed by atoms with van der Waals surface area (Å²) in [6.45, 7) is 9.09. The number of hydrogen-bond acceptors (Lipinski definition) is 2. The third kappa shape index (κ3) is 5.26. The van der Waals surface area contributed by atoms with Crippen LogP contribution in [0.3, 0.4) is 0 Å². The van der Waals surface area contributed by atoms with Crippen LogP contribution in [0.4, 0.5) is 0 Å². The molecule has 0 saturated heterocycles. The maximum atomic E-state index is 3.46. The molecule has 1 aliphatic carbocycles. The molecular formula is C18H30N2. The van der Waals surface area contributed by atoms with Crippen LogP contribution in [-0.4, -0.2) is 30.6 Å². The molecule has 0 amide bonds. The van der Waals surface area contributed by atoms with Crippen LogP contribution in [0.25, 0.3) is 0 Å². The summed E-state index contributed by atoms with van der Waals surface area (Å²) >= 11 is 0. The second kappa shape index (κ2) is 8.43. The summed E-state index contributed by atoms with van der Waals surface area (Å²) in [5.41, 5.74) is 2.92. The van der Waals surface area contributed by atoms with Gasteiger partial charge in [0.05, 0.1) is 0 Å². The van der Waals surface area contributed by atoms with Crippen molar-refractivity contribution in [3.05, 3.63) is 35.4 Å². The van der Waals surface area contributed by atoms with E-state index in [0.29, 0.717) is 0 Å². The Kier molecular flexibility index (Phi) is 6.55. The highest BCUT2D eigenvalue weighted by molar-refractivity contribution is 5.23. The molecule has 0 spiro atoms. The lowest BCUT2D eigenvalue weighted by Crippen LogP contribution is -2.26. The van der Waals surface area contributed by atoms with Gasteiger partial charge in [0.15, 0.2) is 0 Å². The van der Waals surface area contributed by atoms with Crippen molar-refractivity contribution < 1.29 is 0 Å². The molecule has 0 radical (unpaired) electrons. The van der Waals surface area contributed by atoms with Crippen molar-refractivity contribution in [2.24, 2.45) is 0 Å². The molecule has 20 heavy (non-hydrogen) atoms. The number of rotatable bonds is 10. The van der Waals surface area contributed by atoms with E-state index in [-0.39, 0.29) is 0 Å². The minimum atomic E-state index is 0.868. The fraction of sp³-hybridized carbons (Fsp3) is 0.667. The summed E-state index contributed by atoms with van der Waals surface area (Å²) in [7, 11) is 0. The maximum absolute atomic E-state index is 3.46. The van der Waals surface area contributed by atoms with E-state index in [4.69, 9.17) is 0 Å². The predicted molar refractivity (Wildman–Crippen MR) is 87.0 cm³/mol. The molecule has 1 N–H and O–H groups in total. The third-order valence-electron chi connectivity index (χ3n) is 4.00. The molecule has 0 bridgehead atoms. The summed E-state index contributed by atoms with van der Waals surface area (Å²) in [6.07, 6.45) is 6.43. The van der Waals surface area contributed by atoms with Crippen LogP contribution in [0.5, 0.6) is 0 Å². The molecular weight excluding hydrogens is 244 g/mol. The van der Waals surface area contributed by atoms with Gasteiger partial charge in [-0.1, -0.05) is 38.1 Å². The largest absolute Gasteiger partial charge is 0.316 e. The minimum absolute atomic E-state index is 0.868. The zero-order valence-electron chi connectivity index (χ0n) is 13.2. The monoisotopic (exact) mass is 274 g/mol. The Morgan fingerprint density at radius 3 is 2.30 bits per heavy atom. The van der Waals surface area contributed by atoms with Crippen molar-refractivity contribution in [3.8, 4) is 0 Å². The second-order valence-electron chi connectivity index (χ2n) is 6.02. The van der Waals surface area contributed by atoms with Gasteiger partial charge in [-0.05, 0) is 62.9 Å². The zero-order chi connectivity index (χ0) is 14.2. The number of benzene rings is 1. The molecule has 2 heteroatoms. The van der Waals surface area contributed by atoms with Gasteiger partial charge >= 0.3 is 0 Å². The van der Waals surface area contributed by atoms with Crippen LogP contribution < -0.4 is 5.32 Å². The first-order valence-corrected chi connectivity index (χ1v) is 8.36. The molecule has 0 heterocycles. The predicted octanol–water partition coefficient (Wildman–Crippen LogP) is 3.60. The van der Waals surface area contributed by atoms with E-state index in [2.05, 4.69) is 48.3 Å². The Bertz CT molecular complexity index is 368. The lowest BCUT2D eigenvalue weighted by Gasteiger charge is -2.21. The SMILES string of the molecule is CCCNCCc1ccc(CN(CCC)C2CC2)cc1. The van der Waals surface area contributed by atoms with Crippen LogP contribution in [-0.2, 0) is 13.0 Å². The topological polar surface area (TPSA) is 15.3 Å². The summed E-state index contributed by atoms with van der Waals surface area (Å²) in [5.74, 6) is 0. The molecule has 1 aromatic carbocycles. The lowest BCUT2D eigenvalue weighted by molar-refractivity contribution is 0.255. The molecule has 112 valence electrons. The van der Waals surface area contributed by atoms with Gasteiger partial charge in [0.1, 0.15) is 0 Å². The smallest absolute Gasteiger partial charge is 0.0236 e. The van der Waals surface area contributed by atoms with Crippen LogP contribution in [0.15, 0.2) is 24.3 Å². The Morgan fingerprint density at radius 1 is 1.00 bits per heavy atom. The highest BCUT2D eigenvalue weighted by Crippen LogP contribution is 2.28. The number of nitrogens with one attached hydrogen (secondary N) is 1. The van der Waals surface area contributed by atoms with Gasteiger partial charge < -0.3 is 5.32 Å². The highest BCUT2D eigenvalue weighted by Gasteiger charge is 2.27. The molecule has 0 atom stereocenters. The first-order valence-electron chi connectivity index (χ1n) is 8.36. The minimum Gasteiger partial charge on any atom is -0.316 e. The van der Waals surface area contributed by atoms with Gasteiger partial charge in [-0.15, -0.1) is 0 Å². The summed E-state index contributed by atoms with van der Waals surface area (Å²) in [4.78, 5) is 2.65. The van der Waals surface area contributed by atoms with E-state index >= 15 is 0 Å². The Morgan fingerprint density at radius 2 is 1.70 bits per heavy atom. The van der Waals surface area contributed by atoms with Gasteiger partial charge in [-0.3, -0.25) is 4.90 Å². The fourth-order valence-electron chi connectivity index (χ4n) is 2.70. The summed E-state index contributed by atoms with van der Waals surface area (Å²) in [6, 6.07) is 10.1. The Balaban J connectivity index is 1.78. The van der Waals surface area contributed by atoms with E-state index in [1.165, 1.54) is 43.4 Å². The first kappa shape index (κ1) is 15.5. The van der Waals surface area contributed by atoms with E-state index in [1.54, 1.807) is 0 Å². The van der Waals surface area contributed by atoms with Gasteiger partial charge in [0.2, 0.25) is 0 Å². The van der Waals surface area contributed by atoms with Crippen LogP contribution in [0, 0.1) is 0 Å². The zero-order valence-corrected chi connectivity index (χ0v) is 13.2. The molecule has 0 unspecified atom stereocenters. The molecule has 1 saturated carbocycles. The second-order valence-corrected chi connectivity index (χ2v) is 6.02. The van der Waals surface area contributed by atoms with Gasteiger partial charge in [-0.2, -0.15) is 0 Å². The van der Waals surface area contributed by atoms with E-state index in [0.717, 1.165) is 32.1 Å². The summed E-state index contributed by atoms with van der Waals surface area (Å²) in [5, 5.41) is 3.46. The Hall–Kier alpha value is -0.860. The molecule has 0 aromatic heterocycles. The van der Waals surface area contributed by atoms with E-state index in [9.17, 15) is 0 Å². The van der Waals surface area contributed by atoms with Gasteiger partial charge in [0.25, 0.3) is 0 Å². The number of hydrogen-bond donors (Lipinski definition) is 1. The average Bonchev–Trinajstić information content (AvgIpc) is 3.29. The normalized spacial score (nSPS) is 14.9. The molecule has 1 aliphatic rings. The fourth-order valence-corrected chi connectivity index (χ4v) is 2.70. The quantitative estimate of drug-likeness (QED) is 0.656. The van der Waals surface area contributed by atoms with E-state index in [1.807, 2.05) is 0 Å². The molecule has 1 fully saturated rings. The first-order chi connectivity index (χ1) is 9.83. The number of nitrogens with zero attached hydrogens (tertiary/aromatic N) is 1. The maximum Gasteiger partial charge on any atom is 0.0236 e. The highest BCUT2D eigenvalue weighted by atomic mass is 15.2. The lowest BCUT2D eigenvalue weighted by atomic mass is 10.1. The van der Waals surface area contributed by atoms with Crippen molar-refractivity contribution in [1.82, 2.24) is 10.2 Å². The molecule has 0 aliphatic heterocycles. The summed E-state index contributed by atoms with van der Waals surface area (Å²) < 4.78 is 0. The average molecular weight is 274 g/mol. The van der Waals surface area contributed by atoms with Gasteiger partial charge in [-0.25, -0.2) is 0 Å². The van der Waals surface area contributed by atoms with Crippen LogP contribution in [0.2, 0.25) is 0 Å². The van der Waals surface area contributed by atoms with Gasteiger partial charge in [0, 0.05) is 12.6 Å². The Labute approximate surface area is 124 Å². The van der Waals surface area contributed by atoms with Crippen molar-refractivity contribution in [2.45, 2.75) is 58.5 Å². The van der Waals surface area contributed by atoms with E-state index < -0.39 is 0 Å². The standard InChI is InChI=1S/C18H30N2/c1-3-12-19-13-11-16-5-7-17(8-6-16)15-20(14-4-2)18-9-10-18/h5-8,18-19H,3-4,9-15H2,1-2H3. The molecule has 1 aromatic rings. The molecule has 2 rings (SSSR count). The van der Waals surface area contributed by atoms with Crippen molar-refractivity contribution in [3.63, 3.8) is 0 Å². The van der Waals surface area contributed by atoms with Crippen molar-refractivity contribution in [2.75, 3.05) is 19.6 Å². The molecule has 2 nitrogen and oxygen atoms in total. The third-order valence-corrected chi connectivity index (χ3v) is 4.00. The van der Waals surface area contributed by atoms with Crippen molar-refractivity contribution >= 4 is 0 Å². The van der Waals surface area contributed by atoms with Crippen molar-refractivity contribution in [1.29, 1.82) is 0 Å². The van der Waals surface area contributed by atoms with Crippen LogP contribution in [0.1, 0.15) is 50.7 Å².